The maximum Gasteiger partial charge on any atom is 0.0650 e. The summed E-state index contributed by atoms with van der Waals surface area (Å²) in [6.45, 7) is 4.37. The third-order valence-corrected chi connectivity index (χ3v) is 1.63. The van der Waals surface area contributed by atoms with Crippen molar-refractivity contribution in [3.05, 3.63) is 24.5 Å². The summed E-state index contributed by atoms with van der Waals surface area (Å²) in [6, 6.07) is 4.54. The lowest BCUT2D eigenvalue weighted by Crippen LogP contribution is -1.99. The fraction of sp³-hybridized carbons (Fsp3) is 0.500. The van der Waals surface area contributed by atoms with Gasteiger partial charge in [0.25, 0.3) is 0 Å². The molecule has 0 aliphatic rings. The van der Waals surface area contributed by atoms with Gasteiger partial charge in [-0.05, 0) is 25.5 Å². The highest BCUT2D eigenvalue weighted by molar-refractivity contribution is 4.90. The van der Waals surface area contributed by atoms with Crippen molar-refractivity contribution in [2.24, 2.45) is 0 Å². The van der Waals surface area contributed by atoms with E-state index in [-0.39, 0.29) is 0 Å². The maximum absolute atomic E-state index is 3.10. The zero-order chi connectivity index (χ0) is 6.69. The summed E-state index contributed by atoms with van der Waals surface area (Å²) < 4.78 is 2.10. The first kappa shape index (κ1) is 6.40. The molecule has 1 heteroatoms. The van der Waals surface area contributed by atoms with Crippen LogP contribution in [0.15, 0.2) is 18.3 Å². The second kappa shape index (κ2) is 2.72. The van der Waals surface area contributed by atoms with E-state index in [2.05, 4.69) is 24.6 Å². The zero-order valence-corrected chi connectivity index (χ0v) is 5.96. The molecular weight excluding hydrogens is 110 g/mol. The minimum atomic E-state index is 0.597. The first-order valence-corrected chi connectivity index (χ1v) is 3.39. The van der Waals surface area contributed by atoms with Gasteiger partial charge in [0.1, 0.15) is 0 Å². The fourth-order valence-electron chi connectivity index (χ4n) is 0.779. The van der Waals surface area contributed by atoms with Crippen molar-refractivity contribution in [1.29, 1.82) is 0 Å². The van der Waals surface area contributed by atoms with E-state index in [1.165, 1.54) is 6.42 Å². The minimum Gasteiger partial charge on any atom is -0.344 e. The predicted molar refractivity (Wildman–Crippen MR) is 38.3 cm³/mol. The van der Waals surface area contributed by atoms with Crippen molar-refractivity contribution in [3.8, 4) is 0 Å². The van der Waals surface area contributed by atoms with Crippen LogP contribution in [0.1, 0.15) is 26.3 Å². The van der Waals surface area contributed by atoms with Crippen LogP contribution in [0.5, 0.6) is 0 Å². The summed E-state index contributed by atoms with van der Waals surface area (Å²) >= 11 is 0. The Kier molecular flexibility index (Phi) is 1.93. The number of rotatable bonds is 2. The SMILES string of the molecule is CCC(C)n1[c]ccc1. The van der Waals surface area contributed by atoms with Crippen molar-refractivity contribution < 1.29 is 0 Å². The molecule has 1 unspecified atom stereocenters. The molecule has 1 aromatic rings. The van der Waals surface area contributed by atoms with Crippen LogP contribution in [-0.4, -0.2) is 4.57 Å². The molecule has 1 aromatic heterocycles. The molecule has 0 aliphatic carbocycles. The zero-order valence-electron chi connectivity index (χ0n) is 5.96. The molecule has 1 radical (unpaired) electrons. The standard InChI is InChI=1S/C8H12N/c1-3-8(2)9-6-4-5-7-9/h4-6,8H,3H2,1-2H3. The van der Waals surface area contributed by atoms with Gasteiger partial charge in [-0.15, -0.1) is 0 Å². The van der Waals surface area contributed by atoms with Crippen molar-refractivity contribution in [2.75, 3.05) is 0 Å². The third-order valence-electron chi connectivity index (χ3n) is 1.63. The van der Waals surface area contributed by atoms with Crippen molar-refractivity contribution in [2.45, 2.75) is 26.3 Å². The molecule has 0 saturated heterocycles. The summed E-state index contributed by atoms with van der Waals surface area (Å²) in [5.74, 6) is 0. The Balaban J connectivity index is 2.65. The van der Waals surface area contributed by atoms with Gasteiger partial charge in [-0.1, -0.05) is 6.92 Å². The summed E-state index contributed by atoms with van der Waals surface area (Å²) in [4.78, 5) is 0. The van der Waals surface area contributed by atoms with E-state index in [4.69, 9.17) is 0 Å². The quantitative estimate of drug-likeness (QED) is 0.567. The van der Waals surface area contributed by atoms with Crippen LogP contribution in [-0.2, 0) is 0 Å². The highest BCUT2D eigenvalue weighted by Crippen LogP contribution is 2.07. The Morgan fingerprint density at radius 2 is 2.44 bits per heavy atom. The van der Waals surface area contributed by atoms with Gasteiger partial charge in [0, 0.05) is 12.2 Å². The van der Waals surface area contributed by atoms with Gasteiger partial charge in [0.2, 0.25) is 0 Å². The van der Waals surface area contributed by atoms with E-state index in [1.54, 1.807) is 0 Å². The van der Waals surface area contributed by atoms with E-state index in [9.17, 15) is 0 Å². The lowest BCUT2D eigenvalue weighted by atomic mass is 10.3. The molecule has 9 heavy (non-hydrogen) atoms. The van der Waals surface area contributed by atoms with Crippen LogP contribution in [0, 0.1) is 6.20 Å². The molecule has 1 nitrogen and oxygen atoms in total. The fourth-order valence-corrected chi connectivity index (χ4v) is 0.779. The molecule has 0 saturated carbocycles. The van der Waals surface area contributed by atoms with Crippen LogP contribution in [0.25, 0.3) is 0 Å². The highest BCUT2D eigenvalue weighted by atomic mass is 15.0. The highest BCUT2D eigenvalue weighted by Gasteiger charge is 1.96. The molecule has 0 bridgehead atoms. The Morgan fingerprint density at radius 1 is 1.67 bits per heavy atom. The molecule has 1 rings (SSSR count). The molecule has 1 atom stereocenters. The average molecular weight is 122 g/mol. The summed E-state index contributed by atoms with van der Waals surface area (Å²) in [5.41, 5.74) is 0. The van der Waals surface area contributed by atoms with E-state index >= 15 is 0 Å². The molecule has 0 spiro atoms. The molecule has 0 N–H and O–H groups in total. The molecule has 0 aromatic carbocycles. The van der Waals surface area contributed by atoms with Crippen molar-refractivity contribution in [3.63, 3.8) is 0 Å². The van der Waals surface area contributed by atoms with Crippen LogP contribution >= 0.6 is 0 Å². The average Bonchev–Trinajstić information content (AvgIpc) is 2.37. The van der Waals surface area contributed by atoms with Gasteiger partial charge in [0.15, 0.2) is 0 Å². The summed E-state index contributed by atoms with van der Waals surface area (Å²) in [7, 11) is 0. The topological polar surface area (TPSA) is 4.93 Å². The van der Waals surface area contributed by atoms with Gasteiger partial charge in [0.05, 0.1) is 6.20 Å². The van der Waals surface area contributed by atoms with E-state index < -0.39 is 0 Å². The molecule has 49 valence electrons. The van der Waals surface area contributed by atoms with Crippen LogP contribution in [0.3, 0.4) is 0 Å². The first-order chi connectivity index (χ1) is 4.34. The lowest BCUT2D eigenvalue weighted by Gasteiger charge is -2.08. The van der Waals surface area contributed by atoms with Gasteiger partial charge in [-0.3, -0.25) is 0 Å². The van der Waals surface area contributed by atoms with Crippen LogP contribution in [0.4, 0.5) is 0 Å². The minimum absolute atomic E-state index is 0.597. The monoisotopic (exact) mass is 122 g/mol. The third kappa shape index (κ3) is 1.35. The van der Waals surface area contributed by atoms with Gasteiger partial charge in [-0.2, -0.15) is 0 Å². The second-order valence-corrected chi connectivity index (χ2v) is 2.30. The molecule has 0 fully saturated rings. The number of hydrogen-bond donors (Lipinski definition) is 0. The van der Waals surface area contributed by atoms with E-state index in [1.807, 2.05) is 18.3 Å². The first-order valence-electron chi connectivity index (χ1n) is 3.39. The van der Waals surface area contributed by atoms with E-state index in [0.29, 0.717) is 6.04 Å². The normalized spacial score (nSPS) is 13.6. The Morgan fingerprint density at radius 3 is 2.89 bits per heavy atom. The maximum atomic E-state index is 3.10. The van der Waals surface area contributed by atoms with Crippen molar-refractivity contribution in [1.82, 2.24) is 4.57 Å². The predicted octanol–water partition coefficient (Wildman–Crippen LogP) is 2.26. The Hall–Kier alpha value is -0.720. The Bertz CT molecular complexity index is 153. The van der Waals surface area contributed by atoms with Gasteiger partial charge >= 0.3 is 0 Å². The largest absolute Gasteiger partial charge is 0.344 e. The number of nitrogens with zero attached hydrogens (tertiary/aromatic N) is 1. The van der Waals surface area contributed by atoms with E-state index in [0.717, 1.165) is 0 Å². The summed E-state index contributed by atoms with van der Waals surface area (Å²) in [6.07, 6.45) is 6.33. The molecule has 0 amide bonds. The van der Waals surface area contributed by atoms with Crippen LogP contribution in [0.2, 0.25) is 0 Å². The molecule has 1 heterocycles. The molecular formula is C8H12N. The van der Waals surface area contributed by atoms with Crippen molar-refractivity contribution >= 4 is 0 Å². The molecule has 0 aliphatic heterocycles. The number of hydrogen-bond acceptors (Lipinski definition) is 0. The lowest BCUT2D eigenvalue weighted by molar-refractivity contribution is 0.530. The smallest absolute Gasteiger partial charge is 0.0650 e. The van der Waals surface area contributed by atoms with Gasteiger partial charge < -0.3 is 4.57 Å². The Labute approximate surface area is 56.3 Å². The van der Waals surface area contributed by atoms with Gasteiger partial charge in [-0.25, -0.2) is 0 Å². The van der Waals surface area contributed by atoms with Crippen LogP contribution < -0.4 is 0 Å². The second-order valence-electron chi connectivity index (χ2n) is 2.30. The number of aromatic nitrogens is 1. The summed E-state index contributed by atoms with van der Waals surface area (Å²) in [5, 5.41) is 0.